The molecular formula is C21H26N4. The zero-order valence-electron chi connectivity index (χ0n) is 15.6. The molecule has 25 heavy (non-hydrogen) atoms. The van der Waals surface area contributed by atoms with Gasteiger partial charge in [0.25, 0.3) is 0 Å². The Morgan fingerprint density at radius 2 is 1.60 bits per heavy atom. The van der Waals surface area contributed by atoms with E-state index in [0.717, 1.165) is 43.1 Å². The molecule has 2 aromatic rings. The van der Waals surface area contributed by atoms with Crippen LogP contribution in [-0.2, 0) is 0 Å². The molecule has 0 bridgehead atoms. The Morgan fingerprint density at radius 3 is 2.20 bits per heavy atom. The van der Waals surface area contributed by atoms with Crippen molar-refractivity contribution in [1.29, 1.82) is 5.26 Å². The van der Waals surface area contributed by atoms with Crippen LogP contribution in [-0.4, -0.2) is 45.2 Å². The lowest BCUT2D eigenvalue weighted by atomic mass is 10.0. The molecule has 1 heterocycles. The minimum Gasteiger partial charge on any atom is -0.369 e. The highest BCUT2D eigenvalue weighted by molar-refractivity contribution is 5.78. The number of hydrogen-bond acceptors (Lipinski definition) is 4. The van der Waals surface area contributed by atoms with E-state index in [-0.39, 0.29) is 0 Å². The van der Waals surface area contributed by atoms with Crippen molar-refractivity contribution in [2.75, 3.05) is 50.1 Å². The molecule has 0 aromatic heterocycles. The molecule has 1 saturated heterocycles. The van der Waals surface area contributed by atoms with Gasteiger partial charge in [-0.25, -0.2) is 0 Å². The van der Waals surface area contributed by atoms with E-state index in [4.69, 9.17) is 0 Å². The third-order valence-electron chi connectivity index (χ3n) is 5.12. The maximum atomic E-state index is 9.62. The lowest BCUT2D eigenvalue weighted by Gasteiger charge is -2.36. The zero-order valence-corrected chi connectivity index (χ0v) is 15.6. The fraction of sp³-hybridized carbons (Fsp3) is 0.381. The van der Waals surface area contributed by atoms with Crippen molar-refractivity contribution in [2.45, 2.75) is 13.8 Å². The molecule has 0 unspecified atom stereocenters. The number of rotatable bonds is 3. The molecule has 3 rings (SSSR count). The fourth-order valence-electron chi connectivity index (χ4n) is 3.50. The highest BCUT2D eigenvalue weighted by atomic mass is 15.2. The van der Waals surface area contributed by atoms with E-state index >= 15 is 0 Å². The van der Waals surface area contributed by atoms with Gasteiger partial charge < -0.3 is 14.7 Å². The van der Waals surface area contributed by atoms with E-state index in [9.17, 15) is 5.26 Å². The standard InChI is InChI=1S/C21H26N4/c1-16-5-8-19(9-6-16)24(4)21-17(2)20(10-7-18(21)15-22)25-13-11-23(3)12-14-25/h5-10H,11-14H2,1-4H3. The van der Waals surface area contributed by atoms with Crippen molar-refractivity contribution in [2.24, 2.45) is 0 Å². The van der Waals surface area contributed by atoms with E-state index < -0.39 is 0 Å². The summed E-state index contributed by atoms with van der Waals surface area (Å²) < 4.78 is 0. The molecule has 0 radical (unpaired) electrons. The quantitative estimate of drug-likeness (QED) is 0.857. The maximum absolute atomic E-state index is 9.62. The SMILES string of the molecule is Cc1ccc(N(C)c2c(C#N)ccc(N3CCN(C)CC3)c2C)cc1. The van der Waals surface area contributed by atoms with Gasteiger partial charge in [-0.3, -0.25) is 0 Å². The van der Waals surface area contributed by atoms with E-state index in [0.29, 0.717) is 0 Å². The average Bonchev–Trinajstić information content (AvgIpc) is 2.62. The van der Waals surface area contributed by atoms with Crippen LogP contribution in [0.3, 0.4) is 0 Å². The van der Waals surface area contributed by atoms with Crippen LogP contribution in [0.5, 0.6) is 0 Å². The van der Waals surface area contributed by atoms with Gasteiger partial charge in [-0.1, -0.05) is 17.7 Å². The number of benzene rings is 2. The van der Waals surface area contributed by atoms with Gasteiger partial charge in [0.1, 0.15) is 6.07 Å². The summed E-state index contributed by atoms with van der Waals surface area (Å²) in [7, 11) is 4.21. The van der Waals surface area contributed by atoms with Gasteiger partial charge in [-0.2, -0.15) is 5.26 Å². The van der Waals surface area contributed by atoms with Gasteiger partial charge in [-0.05, 0) is 50.7 Å². The lowest BCUT2D eigenvalue weighted by molar-refractivity contribution is 0.312. The molecule has 0 aliphatic carbocycles. The number of anilines is 3. The Balaban J connectivity index is 2.01. The van der Waals surface area contributed by atoms with Gasteiger partial charge in [0, 0.05) is 44.6 Å². The molecular weight excluding hydrogens is 308 g/mol. The average molecular weight is 334 g/mol. The van der Waals surface area contributed by atoms with E-state index in [1.807, 2.05) is 13.1 Å². The van der Waals surface area contributed by atoms with E-state index in [2.05, 4.69) is 72.0 Å². The van der Waals surface area contributed by atoms with Crippen LogP contribution in [0.2, 0.25) is 0 Å². The predicted octanol–water partition coefficient (Wildman–Crippen LogP) is 3.69. The molecule has 1 aliphatic heterocycles. The summed E-state index contributed by atoms with van der Waals surface area (Å²) in [5.74, 6) is 0. The van der Waals surface area contributed by atoms with Crippen molar-refractivity contribution in [3.8, 4) is 6.07 Å². The van der Waals surface area contributed by atoms with Crippen molar-refractivity contribution in [3.63, 3.8) is 0 Å². The third-order valence-corrected chi connectivity index (χ3v) is 5.12. The monoisotopic (exact) mass is 334 g/mol. The Hall–Kier alpha value is -2.51. The summed E-state index contributed by atoms with van der Waals surface area (Å²) >= 11 is 0. The highest BCUT2D eigenvalue weighted by Gasteiger charge is 2.21. The number of aryl methyl sites for hydroxylation is 1. The Bertz CT molecular complexity index is 781. The smallest absolute Gasteiger partial charge is 0.101 e. The normalized spacial score (nSPS) is 15.1. The van der Waals surface area contributed by atoms with E-state index in [1.54, 1.807) is 0 Å². The molecule has 1 aliphatic rings. The first-order valence-electron chi connectivity index (χ1n) is 8.79. The molecule has 4 heteroatoms. The Morgan fingerprint density at radius 1 is 0.960 bits per heavy atom. The first-order valence-corrected chi connectivity index (χ1v) is 8.79. The topological polar surface area (TPSA) is 33.5 Å². The van der Waals surface area contributed by atoms with Crippen LogP contribution in [0.25, 0.3) is 0 Å². The van der Waals surface area contributed by atoms with Gasteiger partial charge in [0.05, 0.1) is 11.3 Å². The number of nitriles is 1. The van der Waals surface area contributed by atoms with E-state index in [1.165, 1.54) is 16.8 Å². The van der Waals surface area contributed by atoms with Crippen LogP contribution in [0.1, 0.15) is 16.7 Å². The first-order chi connectivity index (χ1) is 12.0. The van der Waals surface area contributed by atoms with Crippen molar-refractivity contribution in [1.82, 2.24) is 4.90 Å². The summed E-state index contributed by atoms with van der Waals surface area (Å²) in [5.41, 5.74) is 6.47. The van der Waals surface area contributed by atoms with Gasteiger partial charge in [0.2, 0.25) is 0 Å². The van der Waals surface area contributed by atoms with Gasteiger partial charge in [-0.15, -0.1) is 0 Å². The largest absolute Gasteiger partial charge is 0.369 e. The molecule has 0 saturated carbocycles. The summed E-state index contributed by atoms with van der Waals surface area (Å²) in [4.78, 5) is 6.92. The molecule has 2 aromatic carbocycles. The molecule has 0 N–H and O–H groups in total. The van der Waals surface area contributed by atoms with Crippen molar-refractivity contribution >= 4 is 17.1 Å². The molecule has 0 atom stereocenters. The van der Waals surface area contributed by atoms with Gasteiger partial charge in [0.15, 0.2) is 0 Å². The second kappa shape index (κ2) is 7.16. The van der Waals surface area contributed by atoms with Crippen LogP contribution >= 0.6 is 0 Å². The van der Waals surface area contributed by atoms with Crippen LogP contribution in [0, 0.1) is 25.2 Å². The van der Waals surface area contributed by atoms with Crippen LogP contribution in [0.4, 0.5) is 17.1 Å². The summed E-state index contributed by atoms with van der Waals surface area (Å²) in [6.07, 6.45) is 0. The number of hydrogen-bond donors (Lipinski definition) is 0. The minimum absolute atomic E-state index is 0.721. The third kappa shape index (κ3) is 3.47. The summed E-state index contributed by atoms with van der Waals surface area (Å²) in [5, 5.41) is 9.62. The molecule has 0 amide bonds. The second-order valence-electron chi connectivity index (χ2n) is 6.90. The fourth-order valence-corrected chi connectivity index (χ4v) is 3.50. The minimum atomic E-state index is 0.721. The summed E-state index contributed by atoms with van der Waals surface area (Å²) in [6.45, 7) is 8.41. The number of nitrogens with zero attached hydrogens (tertiary/aromatic N) is 4. The first kappa shape index (κ1) is 17.3. The molecule has 130 valence electrons. The van der Waals surface area contributed by atoms with Crippen molar-refractivity contribution < 1.29 is 0 Å². The molecule has 0 spiro atoms. The molecule has 1 fully saturated rings. The Labute approximate surface area is 150 Å². The lowest BCUT2D eigenvalue weighted by Crippen LogP contribution is -2.44. The van der Waals surface area contributed by atoms with Crippen LogP contribution < -0.4 is 9.80 Å². The van der Waals surface area contributed by atoms with Crippen molar-refractivity contribution in [3.05, 3.63) is 53.1 Å². The summed E-state index contributed by atoms with van der Waals surface area (Å²) in [6, 6.07) is 14.9. The van der Waals surface area contributed by atoms with Crippen LogP contribution in [0.15, 0.2) is 36.4 Å². The predicted molar refractivity (Wildman–Crippen MR) is 105 cm³/mol. The highest BCUT2D eigenvalue weighted by Crippen LogP contribution is 2.36. The number of piperazine rings is 1. The molecule has 4 nitrogen and oxygen atoms in total. The van der Waals surface area contributed by atoms with Gasteiger partial charge >= 0.3 is 0 Å². The zero-order chi connectivity index (χ0) is 18.0. The maximum Gasteiger partial charge on any atom is 0.101 e. The number of likely N-dealkylation sites (N-methyl/N-ethyl adjacent to an activating group) is 1. The Kier molecular flexibility index (Phi) is 4.96. The second-order valence-corrected chi connectivity index (χ2v) is 6.90.